The average Bonchev–Trinajstić information content (AvgIpc) is 2.24. The van der Waals surface area contributed by atoms with Crippen molar-refractivity contribution in [1.29, 1.82) is 0 Å². The monoisotopic (exact) mass is 241 g/mol. The second-order valence-electron chi connectivity index (χ2n) is 4.75. The first-order chi connectivity index (χ1) is 7.65. The van der Waals surface area contributed by atoms with E-state index in [1.165, 1.54) is 18.9 Å². The molecule has 0 heterocycles. The van der Waals surface area contributed by atoms with E-state index in [4.69, 9.17) is 17.3 Å². The minimum absolute atomic E-state index is 0.220. The molecule has 1 aromatic carbocycles. The maximum Gasteiger partial charge on any atom is 0.141 e. The Morgan fingerprint density at radius 1 is 1.38 bits per heavy atom. The summed E-state index contributed by atoms with van der Waals surface area (Å²) in [7, 11) is 0. The molecule has 0 amide bonds. The Bertz CT molecular complexity index is 367. The van der Waals surface area contributed by atoms with E-state index in [0.717, 1.165) is 24.8 Å². The molecule has 0 spiro atoms. The second-order valence-corrected chi connectivity index (χ2v) is 5.15. The van der Waals surface area contributed by atoms with Crippen molar-refractivity contribution in [2.45, 2.75) is 38.1 Å². The molecule has 0 radical (unpaired) electrons. The third-order valence-electron chi connectivity index (χ3n) is 3.33. The van der Waals surface area contributed by atoms with Crippen molar-refractivity contribution in [2.75, 3.05) is 0 Å². The van der Waals surface area contributed by atoms with Gasteiger partial charge in [0.1, 0.15) is 5.82 Å². The van der Waals surface area contributed by atoms with Gasteiger partial charge in [0.2, 0.25) is 0 Å². The fraction of sp³-hybridized carbons (Fsp3) is 0.538. The number of rotatable bonds is 2. The lowest BCUT2D eigenvalue weighted by Crippen LogP contribution is -2.28. The molecule has 88 valence electrons. The highest BCUT2D eigenvalue weighted by Crippen LogP contribution is 2.27. The lowest BCUT2D eigenvalue weighted by Gasteiger charge is -2.26. The molecule has 1 saturated carbocycles. The van der Waals surface area contributed by atoms with Crippen LogP contribution in [-0.4, -0.2) is 6.04 Å². The summed E-state index contributed by atoms with van der Waals surface area (Å²) < 4.78 is 13.0. The number of benzene rings is 1. The zero-order chi connectivity index (χ0) is 11.5. The minimum Gasteiger partial charge on any atom is -0.328 e. The molecule has 2 rings (SSSR count). The molecule has 1 aliphatic rings. The van der Waals surface area contributed by atoms with Crippen LogP contribution in [0.15, 0.2) is 18.2 Å². The van der Waals surface area contributed by atoms with Crippen LogP contribution in [0.4, 0.5) is 4.39 Å². The van der Waals surface area contributed by atoms with Crippen LogP contribution < -0.4 is 5.73 Å². The van der Waals surface area contributed by atoms with Crippen LogP contribution in [0.25, 0.3) is 0 Å². The summed E-state index contributed by atoms with van der Waals surface area (Å²) in [6.45, 7) is 0. The van der Waals surface area contributed by atoms with Gasteiger partial charge in [-0.25, -0.2) is 4.39 Å². The smallest absolute Gasteiger partial charge is 0.141 e. The highest BCUT2D eigenvalue weighted by molar-refractivity contribution is 6.30. The maximum atomic E-state index is 13.0. The van der Waals surface area contributed by atoms with E-state index in [9.17, 15) is 4.39 Å². The Kier molecular flexibility index (Phi) is 3.82. The van der Waals surface area contributed by atoms with Crippen molar-refractivity contribution in [1.82, 2.24) is 0 Å². The van der Waals surface area contributed by atoms with E-state index in [1.54, 1.807) is 6.07 Å². The van der Waals surface area contributed by atoms with Gasteiger partial charge in [-0.05, 0) is 42.9 Å². The van der Waals surface area contributed by atoms with Crippen LogP contribution >= 0.6 is 11.6 Å². The van der Waals surface area contributed by atoms with Crippen LogP contribution in [0, 0.1) is 11.7 Å². The van der Waals surface area contributed by atoms with Gasteiger partial charge in [0, 0.05) is 6.04 Å². The molecule has 2 N–H and O–H groups in total. The van der Waals surface area contributed by atoms with Gasteiger partial charge in [-0.15, -0.1) is 0 Å². The number of halogens is 2. The Hall–Kier alpha value is -0.600. The normalized spacial score (nSPS) is 25.7. The third-order valence-corrected chi connectivity index (χ3v) is 3.62. The molecule has 3 heteroatoms. The summed E-state index contributed by atoms with van der Waals surface area (Å²) in [4.78, 5) is 0. The van der Waals surface area contributed by atoms with Gasteiger partial charge in [0.15, 0.2) is 0 Å². The number of nitrogens with two attached hydrogens (primary N) is 1. The third kappa shape index (κ3) is 2.96. The summed E-state index contributed by atoms with van der Waals surface area (Å²) in [5.74, 6) is 0.288. The van der Waals surface area contributed by atoms with Crippen molar-refractivity contribution in [3.8, 4) is 0 Å². The molecule has 2 unspecified atom stereocenters. The topological polar surface area (TPSA) is 26.0 Å². The Morgan fingerprint density at radius 2 is 2.19 bits per heavy atom. The standard InChI is InChI=1S/C13H17ClFN/c14-12-8-10(4-5-13(12)15)6-9-2-1-3-11(16)7-9/h4-5,8-9,11H,1-3,6-7,16H2. The van der Waals surface area contributed by atoms with E-state index in [-0.39, 0.29) is 10.8 Å². The number of hydrogen-bond acceptors (Lipinski definition) is 1. The first kappa shape index (κ1) is 11.9. The average molecular weight is 242 g/mol. The Morgan fingerprint density at radius 3 is 2.88 bits per heavy atom. The highest BCUT2D eigenvalue weighted by Gasteiger charge is 2.19. The van der Waals surface area contributed by atoms with Gasteiger partial charge in [-0.3, -0.25) is 0 Å². The fourth-order valence-electron chi connectivity index (χ4n) is 2.52. The van der Waals surface area contributed by atoms with Gasteiger partial charge in [-0.1, -0.05) is 30.5 Å². The molecule has 0 aromatic heterocycles. The molecule has 1 aliphatic carbocycles. The van der Waals surface area contributed by atoms with E-state index in [1.807, 2.05) is 6.07 Å². The summed E-state index contributed by atoms with van der Waals surface area (Å²) >= 11 is 5.76. The van der Waals surface area contributed by atoms with Gasteiger partial charge in [0.05, 0.1) is 5.02 Å². The molecule has 0 bridgehead atoms. The van der Waals surface area contributed by atoms with Gasteiger partial charge in [0.25, 0.3) is 0 Å². The largest absolute Gasteiger partial charge is 0.328 e. The first-order valence-corrected chi connectivity index (χ1v) is 6.22. The van der Waals surface area contributed by atoms with Gasteiger partial charge >= 0.3 is 0 Å². The summed E-state index contributed by atoms with van der Waals surface area (Å²) in [5, 5.41) is 0.220. The summed E-state index contributed by atoms with van der Waals surface area (Å²) in [6, 6.07) is 5.34. The van der Waals surface area contributed by atoms with Crippen molar-refractivity contribution in [3.63, 3.8) is 0 Å². The lowest BCUT2D eigenvalue weighted by atomic mass is 9.82. The molecule has 1 aromatic rings. The zero-order valence-corrected chi connectivity index (χ0v) is 10.0. The first-order valence-electron chi connectivity index (χ1n) is 5.84. The van der Waals surface area contributed by atoms with Crippen molar-refractivity contribution >= 4 is 11.6 Å². The summed E-state index contributed by atoms with van der Waals surface area (Å²) in [6.07, 6.45) is 5.62. The predicted molar refractivity (Wildman–Crippen MR) is 65.0 cm³/mol. The predicted octanol–water partition coefficient (Wildman–Crippen LogP) is 3.54. The van der Waals surface area contributed by atoms with Crippen LogP contribution in [-0.2, 0) is 6.42 Å². The van der Waals surface area contributed by atoms with Crippen LogP contribution in [0.2, 0.25) is 5.02 Å². The molecular weight excluding hydrogens is 225 g/mol. The zero-order valence-electron chi connectivity index (χ0n) is 9.26. The van der Waals surface area contributed by atoms with Crippen LogP contribution in [0.3, 0.4) is 0 Å². The summed E-state index contributed by atoms with van der Waals surface area (Å²) in [5.41, 5.74) is 7.06. The van der Waals surface area contributed by atoms with Crippen molar-refractivity contribution in [3.05, 3.63) is 34.6 Å². The van der Waals surface area contributed by atoms with Gasteiger partial charge in [-0.2, -0.15) is 0 Å². The number of hydrogen-bond donors (Lipinski definition) is 1. The fourth-order valence-corrected chi connectivity index (χ4v) is 2.72. The molecule has 16 heavy (non-hydrogen) atoms. The van der Waals surface area contributed by atoms with Gasteiger partial charge < -0.3 is 5.73 Å². The Balaban J connectivity index is 2.00. The lowest BCUT2D eigenvalue weighted by molar-refractivity contribution is 0.321. The van der Waals surface area contributed by atoms with E-state index in [0.29, 0.717) is 12.0 Å². The molecular formula is C13H17ClFN. The van der Waals surface area contributed by atoms with E-state index in [2.05, 4.69) is 0 Å². The van der Waals surface area contributed by atoms with Crippen molar-refractivity contribution < 1.29 is 4.39 Å². The van der Waals surface area contributed by atoms with E-state index < -0.39 is 0 Å². The van der Waals surface area contributed by atoms with Crippen LogP contribution in [0.5, 0.6) is 0 Å². The second kappa shape index (κ2) is 5.15. The molecule has 0 aliphatic heterocycles. The minimum atomic E-state index is -0.342. The quantitative estimate of drug-likeness (QED) is 0.842. The maximum absolute atomic E-state index is 13.0. The molecule has 0 saturated heterocycles. The highest BCUT2D eigenvalue weighted by atomic mass is 35.5. The molecule has 1 fully saturated rings. The SMILES string of the molecule is NC1CCCC(Cc2ccc(F)c(Cl)c2)C1. The van der Waals surface area contributed by atoms with Crippen LogP contribution in [0.1, 0.15) is 31.2 Å². The molecule has 2 atom stereocenters. The molecule has 1 nitrogen and oxygen atoms in total. The van der Waals surface area contributed by atoms with E-state index >= 15 is 0 Å². The van der Waals surface area contributed by atoms with Crippen molar-refractivity contribution in [2.24, 2.45) is 11.7 Å². The Labute approximate surface area is 101 Å².